The lowest BCUT2D eigenvalue weighted by atomic mass is 9.96. The molecule has 1 aromatic heterocycles. The second kappa shape index (κ2) is 9.22. The van der Waals surface area contributed by atoms with E-state index in [9.17, 15) is 4.39 Å². The van der Waals surface area contributed by atoms with Crippen molar-refractivity contribution in [1.82, 2.24) is 4.57 Å². The van der Waals surface area contributed by atoms with Gasteiger partial charge in [0.1, 0.15) is 12.0 Å². The number of fused-ring (bicyclic) bond motifs is 1. The van der Waals surface area contributed by atoms with Gasteiger partial charge in [0.25, 0.3) is 0 Å². The molecule has 168 valence electrons. The second-order valence-corrected chi connectivity index (χ2v) is 8.94. The van der Waals surface area contributed by atoms with Gasteiger partial charge in [-0.1, -0.05) is 11.6 Å². The van der Waals surface area contributed by atoms with E-state index in [1.807, 2.05) is 6.07 Å². The van der Waals surface area contributed by atoms with E-state index < -0.39 is 5.82 Å². The van der Waals surface area contributed by atoms with Crippen molar-refractivity contribution < 1.29 is 13.9 Å². The highest BCUT2D eigenvalue weighted by atomic mass is 35.5. The van der Waals surface area contributed by atoms with Gasteiger partial charge in [-0.3, -0.25) is 0 Å². The van der Waals surface area contributed by atoms with Crippen molar-refractivity contribution >= 4 is 34.4 Å². The molecule has 3 aromatic rings. The van der Waals surface area contributed by atoms with E-state index in [-0.39, 0.29) is 11.3 Å². The van der Waals surface area contributed by atoms with Gasteiger partial charge in [-0.2, -0.15) is 0 Å². The Morgan fingerprint density at radius 2 is 1.91 bits per heavy atom. The monoisotopic (exact) mass is 455 g/mol. The van der Waals surface area contributed by atoms with Gasteiger partial charge in [0.2, 0.25) is 0 Å². The molecule has 0 radical (unpaired) electrons. The molecule has 0 amide bonds. The van der Waals surface area contributed by atoms with Crippen LogP contribution < -0.4 is 5.32 Å². The molecular formula is C25H27ClFN3O2. The third-order valence-corrected chi connectivity index (χ3v) is 6.74. The summed E-state index contributed by atoms with van der Waals surface area (Å²) in [6, 6.07) is 11.2. The van der Waals surface area contributed by atoms with E-state index >= 15 is 0 Å². The molecular weight excluding hydrogens is 429 g/mol. The number of anilines is 1. The number of nitrogens with one attached hydrogen (secondary N) is 2. The molecule has 2 aliphatic rings. The van der Waals surface area contributed by atoms with Crippen LogP contribution in [0.15, 0.2) is 36.4 Å². The average molecular weight is 456 g/mol. The Hall–Kier alpha value is -2.41. The standard InChI is InChI=1S/C25H27ClFN3O2/c26-20-14-19(4-5-21(20)27)30-23(16-6-9-31-10-7-16)12-17-11-22(18(15-28)13-24(17)30)29-25-3-1-2-8-32-25/h4-5,11-16,25,28-29H,1-3,6-10H2. The van der Waals surface area contributed by atoms with Crippen molar-refractivity contribution in [3.05, 3.63) is 58.5 Å². The van der Waals surface area contributed by atoms with Crippen LogP contribution in [0.3, 0.4) is 0 Å². The molecule has 0 bridgehead atoms. The van der Waals surface area contributed by atoms with Crippen molar-refractivity contribution in [2.45, 2.75) is 44.2 Å². The van der Waals surface area contributed by atoms with Gasteiger partial charge >= 0.3 is 0 Å². The summed E-state index contributed by atoms with van der Waals surface area (Å²) in [7, 11) is 0. The summed E-state index contributed by atoms with van der Waals surface area (Å²) < 4.78 is 27.5. The average Bonchev–Trinajstić information content (AvgIpc) is 3.20. The van der Waals surface area contributed by atoms with Crippen LogP contribution in [0.1, 0.15) is 49.3 Å². The third kappa shape index (κ3) is 4.15. The number of aromatic nitrogens is 1. The van der Waals surface area contributed by atoms with Gasteiger partial charge in [0.05, 0.1) is 10.5 Å². The lowest BCUT2D eigenvalue weighted by Crippen LogP contribution is -2.27. The Morgan fingerprint density at radius 1 is 1.06 bits per heavy atom. The van der Waals surface area contributed by atoms with E-state index in [0.29, 0.717) is 5.92 Å². The van der Waals surface area contributed by atoms with Gasteiger partial charge < -0.3 is 24.8 Å². The number of hydrogen-bond acceptors (Lipinski definition) is 4. The Kier molecular flexibility index (Phi) is 6.17. The molecule has 2 aromatic carbocycles. The predicted molar refractivity (Wildman–Crippen MR) is 126 cm³/mol. The van der Waals surface area contributed by atoms with Crippen molar-refractivity contribution in [2.75, 3.05) is 25.1 Å². The fourth-order valence-corrected chi connectivity index (χ4v) is 4.95. The van der Waals surface area contributed by atoms with Crippen LogP contribution in [-0.4, -0.2) is 36.8 Å². The molecule has 5 nitrogen and oxygen atoms in total. The van der Waals surface area contributed by atoms with Gasteiger partial charge in [-0.25, -0.2) is 4.39 Å². The van der Waals surface area contributed by atoms with E-state index in [2.05, 4.69) is 22.0 Å². The zero-order valence-electron chi connectivity index (χ0n) is 17.9. The first-order valence-corrected chi connectivity index (χ1v) is 11.6. The highest BCUT2D eigenvalue weighted by Gasteiger charge is 2.24. The van der Waals surface area contributed by atoms with Crippen molar-refractivity contribution in [2.24, 2.45) is 0 Å². The van der Waals surface area contributed by atoms with E-state index in [1.54, 1.807) is 12.1 Å². The maximum atomic E-state index is 13.9. The van der Waals surface area contributed by atoms with Gasteiger partial charge in [0.15, 0.2) is 0 Å². The fourth-order valence-electron chi connectivity index (χ4n) is 4.77. The molecule has 2 saturated heterocycles. The lowest BCUT2D eigenvalue weighted by Gasteiger charge is -2.25. The summed E-state index contributed by atoms with van der Waals surface area (Å²) in [5.41, 5.74) is 4.64. The van der Waals surface area contributed by atoms with E-state index in [1.165, 1.54) is 12.3 Å². The molecule has 3 heterocycles. The summed E-state index contributed by atoms with van der Waals surface area (Å²) in [5.74, 6) is -0.0971. The van der Waals surface area contributed by atoms with Crippen LogP contribution in [0.5, 0.6) is 0 Å². The normalized spacial score (nSPS) is 19.9. The molecule has 2 aliphatic heterocycles. The molecule has 2 fully saturated rings. The fraction of sp³-hybridized carbons (Fsp3) is 0.400. The van der Waals surface area contributed by atoms with Crippen LogP contribution in [0, 0.1) is 11.2 Å². The molecule has 0 spiro atoms. The van der Waals surface area contributed by atoms with Crippen LogP contribution in [-0.2, 0) is 9.47 Å². The molecule has 7 heteroatoms. The SMILES string of the molecule is N=Cc1cc2c(cc1NC1CCCCO1)cc(C1CCOCC1)n2-c1ccc(F)c(Cl)c1. The Balaban J connectivity index is 1.64. The highest BCUT2D eigenvalue weighted by molar-refractivity contribution is 6.30. The molecule has 5 rings (SSSR count). The number of benzene rings is 2. The summed E-state index contributed by atoms with van der Waals surface area (Å²) >= 11 is 6.14. The van der Waals surface area contributed by atoms with Gasteiger partial charge in [-0.15, -0.1) is 0 Å². The maximum Gasteiger partial charge on any atom is 0.141 e. The first-order chi connectivity index (χ1) is 15.6. The minimum absolute atomic E-state index is 0.0344. The quantitative estimate of drug-likeness (QED) is 0.447. The van der Waals surface area contributed by atoms with Crippen LogP contribution in [0.2, 0.25) is 5.02 Å². The van der Waals surface area contributed by atoms with Crippen LogP contribution in [0.25, 0.3) is 16.6 Å². The number of rotatable bonds is 5. The summed E-state index contributed by atoms with van der Waals surface area (Å²) in [6.45, 7) is 2.22. The molecule has 2 N–H and O–H groups in total. The maximum absolute atomic E-state index is 13.9. The molecule has 1 unspecified atom stereocenters. The lowest BCUT2D eigenvalue weighted by molar-refractivity contribution is 0.0343. The smallest absolute Gasteiger partial charge is 0.141 e. The summed E-state index contributed by atoms with van der Waals surface area (Å²) in [5, 5.41) is 12.7. The molecule has 1 atom stereocenters. The minimum atomic E-state index is -0.432. The first-order valence-electron chi connectivity index (χ1n) is 11.3. The molecule has 0 saturated carbocycles. The summed E-state index contributed by atoms with van der Waals surface area (Å²) in [6.07, 6.45) is 6.38. The number of hydrogen-bond donors (Lipinski definition) is 2. The first kappa shape index (κ1) is 21.4. The second-order valence-electron chi connectivity index (χ2n) is 8.53. The minimum Gasteiger partial charge on any atom is -0.381 e. The number of halogens is 2. The van der Waals surface area contributed by atoms with Crippen molar-refractivity contribution in [3.63, 3.8) is 0 Å². The van der Waals surface area contributed by atoms with Crippen LogP contribution in [0.4, 0.5) is 10.1 Å². The number of nitrogens with zero attached hydrogens (tertiary/aromatic N) is 1. The Labute approximate surface area is 192 Å². The largest absolute Gasteiger partial charge is 0.381 e. The Morgan fingerprint density at radius 3 is 2.62 bits per heavy atom. The topological polar surface area (TPSA) is 59.3 Å². The highest BCUT2D eigenvalue weighted by Crippen LogP contribution is 2.37. The van der Waals surface area contributed by atoms with E-state index in [4.69, 9.17) is 26.5 Å². The number of ether oxygens (including phenoxy) is 2. The van der Waals surface area contributed by atoms with Crippen molar-refractivity contribution in [3.8, 4) is 5.69 Å². The van der Waals surface area contributed by atoms with Gasteiger partial charge in [0, 0.05) is 60.0 Å². The third-order valence-electron chi connectivity index (χ3n) is 6.45. The summed E-state index contributed by atoms with van der Waals surface area (Å²) in [4.78, 5) is 0. The Bertz CT molecular complexity index is 1130. The predicted octanol–water partition coefficient (Wildman–Crippen LogP) is 6.25. The van der Waals surface area contributed by atoms with Crippen LogP contribution >= 0.6 is 11.6 Å². The molecule has 0 aliphatic carbocycles. The van der Waals surface area contributed by atoms with E-state index in [0.717, 1.165) is 85.5 Å². The zero-order valence-corrected chi connectivity index (χ0v) is 18.6. The zero-order chi connectivity index (χ0) is 22.1. The molecule has 32 heavy (non-hydrogen) atoms. The van der Waals surface area contributed by atoms with Gasteiger partial charge in [-0.05, 0) is 68.5 Å². The van der Waals surface area contributed by atoms with Crippen molar-refractivity contribution in [1.29, 1.82) is 5.41 Å².